The number of rotatable bonds is 4. The quantitative estimate of drug-likeness (QED) is 0.487. The molecule has 2 heterocycles. The van der Waals surface area contributed by atoms with Gasteiger partial charge in [0.15, 0.2) is 5.69 Å². The van der Waals surface area contributed by atoms with E-state index in [1.807, 2.05) is 72.8 Å². The molecule has 1 amide bonds. The van der Waals surface area contributed by atoms with Crippen molar-refractivity contribution in [3.05, 3.63) is 107 Å². The topological polar surface area (TPSA) is 79.3 Å². The van der Waals surface area contributed by atoms with Crippen molar-refractivity contribution < 1.29 is 4.79 Å². The summed E-state index contributed by atoms with van der Waals surface area (Å²) >= 11 is 0. The van der Waals surface area contributed by atoms with Crippen LogP contribution in [0.1, 0.15) is 16.1 Å². The van der Waals surface area contributed by atoms with E-state index in [1.165, 1.54) is 10.6 Å². The van der Waals surface area contributed by atoms with Gasteiger partial charge in [-0.3, -0.25) is 9.59 Å². The highest BCUT2D eigenvalue weighted by Crippen LogP contribution is 2.22. The number of hydrogen-bond acceptors (Lipinski definition) is 3. The van der Waals surface area contributed by atoms with E-state index in [2.05, 4.69) is 15.4 Å². The molecule has 146 valence electrons. The predicted octanol–water partition coefficient (Wildman–Crippen LogP) is 3.77. The van der Waals surface area contributed by atoms with Crippen LogP contribution in [0.15, 0.2) is 89.9 Å². The highest BCUT2D eigenvalue weighted by molar-refractivity contribution is 5.93. The number of fused-ring (bicyclic) bond motifs is 2. The number of carbonyl (C=O) groups excluding carboxylic acids is 1. The van der Waals surface area contributed by atoms with Crippen molar-refractivity contribution in [1.29, 1.82) is 0 Å². The molecule has 0 unspecified atom stereocenters. The number of hydrogen-bond donors (Lipinski definition) is 2. The molecule has 0 aliphatic rings. The van der Waals surface area contributed by atoms with Gasteiger partial charge in [0.05, 0.1) is 11.9 Å². The molecule has 0 spiro atoms. The summed E-state index contributed by atoms with van der Waals surface area (Å²) in [5, 5.41) is 9.36. The second-order valence-electron chi connectivity index (χ2n) is 7.09. The molecule has 5 rings (SSSR count). The van der Waals surface area contributed by atoms with E-state index in [-0.39, 0.29) is 17.2 Å². The third kappa shape index (κ3) is 3.35. The van der Waals surface area contributed by atoms with Crippen LogP contribution in [0.25, 0.3) is 27.5 Å². The number of aromatic nitrogens is 3. The van der Waals surface area contributed by atoms with Gasteiger partial charge in [-0.1, -0.05) is 66.7 Å². The van der Waals surface area contributed by atoms with E-state index in [4.69, 9.17) is 0 Å². The molecule has 0 saturated carbocycles. The molecule has 6 nitrogen and oxygen atoms in total. The lowest BCUT2D eigenvalue weighted by Crippen LogP contribution is -2.23. The van der Waals surface area contributed by atoms with Gasteiger partial charge in [-0.2, -0.15) is 5.10 Å². The van der Waals surface area contributed by atoms with E-state index in [0.29, 0.717) is 17.8 Å². The molecule has 0 aliphatic carbocycles. The van der Waals surface area contributed by atoms with Crippen LogP contribution in [0.3, 0.4) is 0 Å². The molecule has 0 fully saturated rings. The van der Waals surface area contributed by atoms with E-state index in [0.717, 1.165) is 21.9 Å². The summed E-state index contributed by atoms with van der Waals surface area (Å²) in [4.78, 5) is 28.0. The number of benzene rings is 3. The van der Waals surface area contributed by atoms with Crippen LogP contribution in [0.2, 0.25) is 0 Å². The van der Waals surface area contributed by atoms with Crippen LogP contribution in [0.5, 0.6) is 0 Å². The fraction of sp³-hybridized carbons (Fsp3) is 0.0417. The molecule has 0 bridgehead atoms. The van der Waals surface area contributed by atoms with Gasteiger partial charge in [-0.05, 0) is 22.4 Å². The fourth-order valence-corrected chi connectivity index (χ4v) is 3.49. The molecule has 30 heavy (non-hydrogen) atoms. The number of carbonyl (C=O) groups is 1. The highest BCUT2D eigenvalue weighted by atomic mass is 16.2. The summed E-state index contributed by atoms with van der Waals surface area (Å²) in [5.41, 5.74) is 2.73. The highest BCUT2D eigenvalue weighted by Gasteiger charge is 2.14. The molecular formula is C24H18N4O2. The van der Waals surface area contributed by atoms with Crippen molar-refractivity contribution >= 4 is 22.2 Å². The number of H-pyrrole nitrogens is 1. The van der Waals surface area contributed by atoms with E-state index in [1.54, 1.807) is 6.20 Å². The Labute approximate surface area is 171 Å². The van der Waals surface area contributed by atoms with Crippen molar-refractivity contribution in [3.63, 3.8) is 0 Å². The largest absolute Gasteiger partial charge is 0.347 e. The first-order valence-corrected chi connectivity index (χ1v) is 9.61. The zero-order valence-corrected chi connectivity index (χ0v) is 16.0. The molecule has 0 aliphatic heterocycles. The lowest BCUT2D eigenvalue weighted by Gasteiger charge is -2.05. The Morgan fingerprint density at radius 2 is 1.70 bits per heavy atom. The van der Waals surface area contributed by atoms with Crippen molar-refractivity contribution in [3.8, 4) is 11.3 Å². The summed E-state index contributed by atoms with van der Waals surface area (Å²) in [6.07, 6.45) is 1.73. The Morgan fingerprint density at radius 1 is 0.933 bits per heavy atom. The zero-order chi connectivity index (χ0) is 20.5. The van der Waals surface area contributed by atoms with Gasteiger partial charge in [-0.15, -0.1) is 0 Å². The van der Waals surface area contributed by atoms with Crippen LogP contribution in [0.4, 0.5) is 0 Å². The normalized spacial score (nSPS) is 11.1. The minimum Gasteiger partial charge on any atom is -0.347 e. The van der Waals surface area contributed by atoms with Crippen LogP contribution in [-0.2, 0) is 6.54 Å². The van der Waals surface area contributed by atoms with Gasteiger partial charge in [0, 0.05) is 18.2 Å². The van der Waals surface area contributed by atoms with Gasteiger partial charge >= 0.3 is 0 Å². The second-order valence-corrected chi connectivity index (χ2v) is 7.09. The number of nitrogens with zero attached hydrogens (tertiary/aromatic N) is 2. The van der Waals surface area contributed by atoms with Crippen LogP contribution in [0, 0.1) is 0 Å². The SMILES string of the molecule is O=C(NCc1ccccc1)c1cc2c(=O)[nH]c(-c3ccc4ccccc4c3)cn2n1. The average Bonchev–Trinajstić information content (AvgIpc) is 3.23. The Bertz CT molecular complexity index is 1430. The number of nitrogens with one attached hydrogen (secondary N) is 2. The van der Waals surface area contributed by atoms with Gasteiger partial charge in [0.25, 0.3) is 11.5 Å². The first kappa shape index (κ1) is 17.9. The van der Waals surface area contributed by atoms with Gasteiger partial charge < -0.3 is 10.3 Å². The molecule has 2 N–H and O–H groups in total. The van der Waals surface area contributed by atoms with E-state index < -0.39 is 0 Å². The molecule has 0 saturated heterocycles. The summed E-state index contributed by atoms with van der Waals surface area (Å²) in [6, 6.07) is 25.2. The molecule has 0 atom stereocenters. The van der Waals surface area contributed by atoms with Crippen LogP contribution in [-0.4, -0.2) is 20.5 Å². The van der Waals surface area contributed by atoms with Crippen molar-refractivity contribution in [1.82, 2.24) is 19.9 Å². The monoisotopic (exact) mass is 394 g/mol. The fourth-order valence-electron chi connectivity index (χ4n) is 3.49. The van der Waals surface area contributed by atoms with E-state index in [9.17, 15) is 9.59 Å². The Hall–Kier alpha value is -4.19. The molecular weight excluding hydrogens is 376 g/mol. The molecule has 2 aromatic heterocycles. The lowest BCUT2D eigenvalue weighted by molar-refractivity contribution is 0.0945. The third-order valence-corrected chi connectivity index (χ3v) is 5.06. The Morgan fingerprint density at radius 3 is 2.53 bits per heavy atom. The van der Waals surface area contributed by atoms with Crippen LogP contribution >= 0.6 is 0 Å². The maximum absolute atomic E-state index is 12.6. The lowest BCUT2D eigenvalue weighted by atomic mass is 10.1. The molecule has 6 heteroatoms. The van der Waals surface area contributed by atoms with Gasteiger partial charge in [0.1, 0.15) is 5.52 Å². The molecule has 5 aromatic rings. The van der Waals surface area contributed by atoms with E-state index >= 15 is 0 Å². The average molecular weight is 394 g/mol. The molecule has 3 aromatic carbocycles. The number of aromatic amines is 1. The summed E-state index contributed by atoms with van der Waals surface area (Å²) in [5.74, 6) is -0.325. The standard InChI is InChI=1S/C24H18N4O2/c29-23(25-14-16-6-2-1-3-7-16)20-13-22-24(30)26-21(15-28(22)27-20)19-11-10-17-8-4-5-9-18(17)12-19/h1-13,15H,14H2,(H,25,29)(H,26,30). The maximum Gasteiger partial charge on any atom is 0.274 e. The smallest absolute Gasteiger partial charge is 0.274 e. The first-order valence-electron chi connectivity index (χ1n) is 9.61. The van der Waals surface area contributed by atoms with Crippen molar-refractivity contribution in [2.75, 3.05) is 0 Å². The Kier molecular flexibility index (Phi) is 4.37. The Balaban J connectivity index is 1.46. The summed E-state index contributed by atoms with van der Waals surface area (Å²) < 4.78 is 1.46. The predicted molar refractivity (Wildman–Crippen MR) is 116 cm³/mol. The summed E-state index contributed by atoms with van der Waals surface area (Å²) in [7, 11) is 0. The van der Waals surface area contributed by atoms with Crippen molar-refractivity contribution in [2.45, 2.75) is 6.54 Å². The maximum atomic E-state index is 12.6. The zero-order valence-electron chi connectivity index (χ0n) is 16.0. The van der Waals surface area contributed by atoms with Gasteiger partial charge in [0.2, 0.25) is 0 Å². The minimum atomic E-state index is -0.325. The third-order valence-electron chi connectivity index (χ3n) is 5.06. The summed E-state index contributed by atoms with van der Waals surface area (Å²) in [6.45, 7) is 0.395. The van der Waals surface area contributed by atoms with Crippen molar-refractivity contribution in [2.24, 2.45) is 0 Å². The van der Waals surface area contributed by atoms with Gasteiger partial charge in [-0.25, -0.2) is 4.52 Å². The second kappa shape index (κ2) is 7.33. The minimum absolute atomic E-state index is 0.201. The van der Waals surface area contributed by atoms with Crippen LogP contribution < -0.4 is 10.9 Å². The molecule has 0 radical (unpaired) electrons. The number of amides is 1. The first-order chi connectivity index (χ1) is 14.7.